The zero-order valence-corrected chi connectivity index (χ0v) is 14.4. The van der Waals surface area contributed by atoms with Gasteiger partial charge in [-0.25, -0.2) is 9.78 Å². The molecule has 138 valence electrons. The van der Waals surface area contributed by atoms with Crippen molar-refractivity contribution >= 4 is 17.8 Å². The topological polar surface area (TPSA) is 115 Å². The second-order valence-corrected chi connectivity index (χ2v) is 7.31. The fourth-order valence-electron chi connectivity index (χ4n) is 4.09. The molecule has 3 fully saturated rings. The monoisotopic (exact) mass is 358 g/mol. The fourth-order valence-corrected chi connectivity index (χ4v) is 4.09. The molecule has 4 amide bonds. The lowest BCUT2D eigenvalue weighted by atomic mass is 9.76. The molecule has 1 aromatic rings. The van der Waals surface area contributed by atoms with E-state index in [1.54, 1.807) is 18.3 Å². The van der Waals surface area contributed by atoms with Crippen LogP contribution in [0.4, 0.5) is 4.79 Å². The van der Waals surface area contributed by atoms with Crippen molar-refractivity contribution in [2.45, 2.75) is 62.6 Å². The molecule has 0 unspecified atom stereocenters. The highest BCUT2D eigenvalue weighted by Gasteiger charge is 2.56. The molecular weight excluding hydrogens is 336 g/mol. The number of hydrogen-bond donors (Lipinski definition) is 2. The summed E-state index contributed by atoms with van der Waals surface area (Å²) < 4.78 is 5.87. The molecule has 2 heterocycles. The number of rotatable bonds is 4. The van der Waals surface area contributed by atoms with Crippen LogP contribution in [0.5, 0.6) is 5.88 Å². The van der Waals surface area contributed by atoms with Crippen LogP contribution in [0.2, 0.25) is 0 Å². The summed E-state index contributed by atoms with van der Waals surface area (Å²) in [6.07, 6.45) is 6.62. The van der Waals surface area contributed by atoms with E-state index in [0.717, 1.165) is 19.3 Å². The Balaban J connectivity index is 1.38. The Morgan fingerprint density at radius 1 is 1.27 bits per heavy atom. The first-order valence-corrected chi connectivity index (χ1v) is 9.07. The minimum atomic E-state index is -0.630. The van der Waals surface area contributed by atoms with E-state index >= 15 is 0 Å². The van der Waals surface area contributed by atoms with Gasteiger partial charge in [-0.3, -0.25) is 14.5 Å². The molecule has 4 rings (SSSR count). The number of carbonyl (C=O) groups is 3. The number of imide groups is 1. The van der Waals surface area contributed by atoms with Crippen LogP contribution in [0.25, 0.3) is 0 Å². The molecule has 3 N–H and O–H groups in total. The van der Waals surface area contributed by atoms with E-state index in [0.29, 0.717) is 25.7 Å². The molecule has 0 atom stereocenters. The number of nitrogens with two attached hydrogens (primary N) is 1. The Morgan fingerprint density at radius 3 is 2.58 bits per heavy atom. The van der Waals surface area contributed by atoms with E-state index in [9.17, 15) is 14.4 Å². The molecule has 2 saturated carbocycles. The van der Waals surface area contributed by atoms with Crippen molar-refractivity contribution in [2.75, 3.05) is 0 Å². The number of hydrogen-bond acceptors (Lipinski definition) is 5. The molecule has 0 bridgehead atoms. The van der Waals surface area contributed by atoms with Gasteiger partial charge in [-0.1, -0.05) is 0 Å². The average molecular weight is 358 g/mol. The normalized spacial score (nSPS) is 27.2. The van der Waals surface area contributed by atoms with E-state index in [2.05, 4.69) is 10.3 Å². The zero-order valence-electron chi connectivity index (χ0n) is 14.4. The molecule has 0 radical (unpaired) electrons. The van der Waals surface area contributed by atoms with Crippen LogP contribution in [0, 0.1) is 0 Å². The van der Waals surface area contributed by atoms with E-state index in [-0.39, 0.29) is 35.5 Å². The smallest absolute Gasteiger partial charge is 0.325 e. The van der Waals surface area contributed by atoms with Gasteiger partial charge in [0.1, 0.15) is 17.2 Å². The van der Waals surface area contributed by atoms with Crippen LogP contribution in [0.1, 0.15) is 55.3 Å². The minimum absolute atomic E-state index is 0.0705. The maximum atomic E-state index is 12.7. The summed E-state index contributed by atoms with van der Waals surface area (Å²) in [6, 6.07) is 2.86. The van der Waals surface area contributed by atoms with Crippen molar-refractivity contribution in [1.29, 1.82) is 0 Å². The summed E-state index contributed by atoms with van der Waals surface area (Å²) in [5.41, 5.74) is 4.98. The lowest BCUT2D eigenvalue weighted by molar-refractivity contribution is -0.136. The van der Waals surface area contributed by atoms with Crippen LogP contribution in [-0.4, -0.2) is 45.4 Å². The van der Waals surface area contributed by atoms with Crippen molar-refractivity contribution in [2.24, 2.45) is 5.73 Å². The first-order chi connectivity index (χ1) is 12.5. The molecule has 8 heteroatoms. The minimum Gasteiger partial charge on any atom is -0.474 e. The second kappa shape index (κ2) is 6.26. The van der Waals surface area contributed by atoms with Gasteiger partial charge in [0, 0.05) is 12.2 Å². The van der Waals surface area contributed by atoms with E-state index in [1.165, 1.54) is 4.90 Å². The number of nitrogens with one attached hydrogen (secondary N) is 1. The number of primary amides is 1. The molecule has 26 heavy (non-hydrogen) atoms. The number of ether oxygens (including phenoxy) is 1. The summed E-state index contributed by atoms with van der Waals surface area (Å²) in [4.78, 5) is 41.9. The Bertz CT molecular complexity index is 753. The standard InChI is InChI=1S/C18H22N4O4/c19-14(23)13-3-1-10-20-15(13)26-12-6-4-11(5-7-12)22-16(24)18(8-2-9-18)21-17(22)25/h1,3,10-12H,2,4-9H2,(H2,19,23)(H,21,25). The third kappa shape index (κ3) is 2.69. The average Bonchev–Trinajstić information content (AvgIpc) is 2.87. The summed E-state index contributed by atoms with van der Waals surface area (Å²) in [5.74, 6) is -0.405. The third-order valence-electron chi connectivity index (χ3n) is 5.72. The fraction of sp³-hybridized carbons (Fsp3) is 0.556. The number of nitrogens with zero attached hydrogens (tertiary/aromatic N) is 2. The zero-order chi connectivity index (χ0) is 18.3. The summed E-state index contributed by atoms with van der Waals surface area (Å²) in [6.45, 7) is 0. The molecule has 1 saturated heterocycles. The van der Waals surface area contributed by atoms with Crippen LogP contribution in [-0.2, 0) is 4.79 Å². The molecule has 0 aromatic carbocycles. The maximum Gasteiger partial charge on any atom is 0.325 e. The molecular formula is C18H22N4O4. The molecule has 3 aliphatic rings. The first kappa shape index (κ1) is 16.8. The van der Waals surface area contributed by atoms with Crippen LogP contribution in [0.15, 0.2) is 18.3 Å². The Kier molecular flexibility index (Phi) is 4.05. The van der Waals surface area contributed by atoms with Gasteiger partial charge in [-0.2, -0.15) is 0 Å². The maximum absolute atomic E-state index is 12.7. The van der Waals surface area contributed by atoms with Crippen molar-refractivity contribution in [3.63, 3.8) is 0 Å². The van der Waals surface area contributed by atoms with E-state index in [1.807, 2.05) is 0 Å². The Morgan fingerprint density at radius 2 is 2.00 bits per heavy atom. The second-order valence-electron chi connectivity index (χ2n) is 7.31. The predicted octanol–water partition coefficient (Wildman–Crippen LogP) is 1.34. The molecule has 1 spiro atoms. The number of carbonyl (C=O) groups excluding carboxylic acids is 3. The number of pyridine rings is 1. The van der Waals surface area contributed by atoms with Crippen LogP contribution >= 0.6 is 0 Å². The van der Waals surface area contributed by atoms with Crippen LogP contribution in [0.3, 0.4) is 0 Å². The number of urea groups is 1. The highest BCUT2D eigenvalue weighted by molar-refractivity contribution is 6.07. The van der Waals surface area contributed by atoms with Gasteiger partial charge < -0.3 is 15.8 Å². The molecule has 1 aliphatic heterocycles. The summed E-state index contributed by atoms with van der Waals surface area (Å²) in [7, 11) is 0. The number of aromatic nitrogens is 1. The Hall–Kier alpha value is -2.64. The van der Waals surface area contributed by atoms with Crippen LogP contribution < -0.4 is 15.8 Å². The summed E-state index contributed by atoms with van der Waals surface area (Å²) >= 11 is 0. The van der Waals surface area contributed by atoms with Gasteiger partial charge in [0.25, 0.3) is 11.8 Å². The van der Waals surface area contributed by atoms with Gasteiger partial charge in [0.2, 0.25) is 5.88 Å². The SMILES string of the molecule is NC(=O)c1cccnc1OC1CCC(N2C(=O)NC3(CCC3)C2=O)CC1. The van der Waals surface area contributed by atoms with Crippen molar-refractivity contribution in [1.82, 2.24) is 15.2 Å². The van der Waals surface area contributed by atoms with Gasteiger partial charge in [-0.15, -0.1) is 0 Å². The highest BCUT2D eigenvalue weighted by Crippen LogP contribution is 2.39. The van der Waals surface area contributed by atoms with Crippen molar-refractivity contribution < 1.29 is 19.1 Å². The van der Waals surface area contributed by atoms with Gasteiger partial charge >= 0.3 is 6.03 Å². The van der Waals surface area contributed by atoms with E-state index in [4.69, 9.17) is 10.5 Å². The lowest BCUT2D eigenvalue weighted by Gasteiger charge is -2.37. The Labute approximate surface area is 151 Å². The first-order valence-electron chi connectivity index (χ1n) is 9.07. The van der Waals surface area contributed by atoms with Gasteiger partial charge in [0.15, 0.2) is 0 Å². The highest BCUT2D eigenvalue weighted by atomic mass is 16.5. The van der Waals surface area contributed by atoms with E-state index < -0.39 is 11.4 Å². The van der Waals surface area contributed by atoms with Crippen molar-refractivity contribution in [3.05, 3.63) is 23.9 Å². The van der Waals surface area contributed by atoms with Crippen molar-refractivity contribution in [3.8, 4) is 5.88 Å². The van der Waals surface area contributed by atoms with Gasteiger partial charge in [-0.05, 0) is 57.1 Å². The molecule has 8 nitrogen and oxygen atoms in total. The largest absolute Gasteiger partial charge is 0.474 e. The van der Waals surface area contributed by atoms with Gasteiger partial charge in [0.05, 0.1) is 0 Å². The number of amides is 4. The lowest BCUT2D eigenvalue weighted by Crippen LogP contribution is -2.53. The predicted molar refractivity (Wildman–Crippen MR) is 91.4 cm³/mol. The molecule has 1 aromatic heterocycles. The quantitative estimate of drug-likeness (QED) is 0.788. The summed E-state index contributed by atoms with van der Waals surface area (Å²) in [5, 5.41) is 2.88. The third-order valence-corrected chi connectivity index (χ3v) is 5.72. The molecule has 2 aliphatic carbocycles.